The molecule has 0 bridgehead atoms. The smallest absolute Gasteiger partial charge is 0.329 e. The van der Waals surface area contributed by atoms with E-state index in [-0.39, 0.29) is 5.91 Å². The lowest BCUT2D eigenvalue weighted by molar-refractivity contribution is -0.144. The van der Waals surface area contributed by atoms with Gasteiger partial charge in [0.15, 0.2) is 4.34 Å². The Hall–Kier alpha value is -1.25. The molecule has 0 fully saturated rings. The van der Waals surface area contributed by atoms with E-state index >= 15 is 0 Å². The second-order valence-corrected chi connectivity index (χ2v) is 7.71. The second-order valence-electron chi connectivity index (χ2n) is 4.09. The molecule has 1 N–H and O–H groups in total. The summed E-state index contributed by atoms with van der Waals surface area (Å²) in [6.45, 7) is 1.38. The van der Waals surface area contributed by atoms with Crippen molar-refractivity contribution in [3.63, 3.8) is 0 Å². The summed E-state index contributed by atoms with van der Waals surface area (Å²) in [5.74, 6) is -0.272. The van der Waals surface area contributed by atoms with Gasteiger partial charge in [0.1, 0.15) is 6.04 Å². The lowest BCUT2D eigenvalue weighted by Crippen LogP contribution is -2.42. The van der Waals surface area contributed by atoms with Crippen molar-refractivity contribution in [1.82, 2.24) is 10.3 Å². The van der Waals surface area contributed by atoms with Crippen LogP contribution in [0.25, 0.3) is 10.2 Å². The maximum absolute atomic E-state index is 11.6. The summed E-state index contributed by atoms with van der Waals surface area (Å²) < 4.78 is 6.73. The number of methoxy groups -OCH3 is 1. The molecule has 1 atom stereocenters. The first kappa shape index (κ1) is 16.1. The van der Waals surface area contributed by atoms with Gasteiger partial charge in [0.05, 0.1) is 17.3 Å². The number of nitrogens with zero attached hydrogens (tertiary/aromatic N) is 1. The molecule has 0 spiro atoms. The third-order valence-electron chi connectivity index (χ3n) is 2.50. The monoisotopic (exact) mass is 342 g/mol. The Labute approximate surface area is 134 Å². The number of benzene rings is 1. The first-order chi connectivity index (χ1) is 10.1. The Morgan fingerprint density at radius 2 is 2.19 bits per heavy atom. The van der Waals surface area contributed by atoms with Gasteiger partial charge in [-0.3, -0.25) is 4.79 Å². The van der Waals surface area contributed by atoms with E-state index in [9.17, 15) is 9.59 Å². The Morgan fingerprint density at radius 1 is 1.43 bits per heavy atom. The first-order valence-corrected chi connectivity index (χ1v) is 9.23. The maximum atomic E-state index is 11.6. The molecule has 1 heterocycles. The number of fused-ring (bicyclic) bond motifs is 1. The lowest BCUT2D eigenvalue weighted by Gasteiger charge is -2.13. The minimum atomic E-state index is -0.639. The molecular weight excluding hydrogens is 328 g/mol. The van der Waals surface area contributed by atoms with E-state index in [4.69, 9.17) is 0 Å². The number of amides is 1. The summed E-state index contributed by atoms with van der Waals surface area (Å²) in [6.07, 6.45) is 0. The highest BCUT2D eigenvalue weighted by Gasteiger charge is 2.20. The number of ether oxygens (including phenoxy) is 1. The highest BCUT2D eigenvalue weighted by atomic mass is 33.1. The number of hydrogen-bond acceptors (Lipinski definition) is 7. The Balaban J connectivity index is 1.92. The predicted octanol–water partition coefficient (Wildman–Crippen LogP) is 2.71. The summed E-state index contributed by atoms with van der Waals surface area (Å²) in [4.78, 5) is 27.1. The van der Waals surface area contributed by atoms with Crippen LogP contribution in [-0.2, 0) is 14.3 Å². The Morgan fingerprint density at radius 3 is 2.86 bits per heavy atom. The largest absolute Gasteiger partial charge is 0.467 e. The van der Waals surface area contributed by atoms with E-state index in [0.29, 0.717) is 5.75 Å². The Bertz CT molecular complexity index is 611. The van der Waals surface area contributed by atoms with E-state index in [2.05, 4.69) is 15.0 Å². The zero-order valence-corrected chi connectivity index (χ0v) is 13.9. The lowest BCUT2D eigenvalue weighted by atomic mass is 10.3. The molecule has 5 nitrogen and oxygen atoms in total. The molecule has 1 aromatic carbocycles. The minimum absolute atomic E-state index is 0.254. The van der Waals surface area contributed by atoms with Gasteiger partial charge in [-0.2, -0.15) is 0 Å². The topological polar surface area (TPSA) is 68.3 Å². The maximum Gasteiger partial charge on any atom is 0.329 e. The van der Waals surface area contributed by atoms with Crippen molar-refractivity contribution in [2.24, 2.45) is 0 Å². The second kappa shape index (κ2) is 7.67. The molecule has 21 heavy (non-hydrogen) atoms. The SMILES string of the molecule is COC(=O)[C@H](CSSc1nc2ccccc2s1)NC(C)=O. The van der Waals surface area contributed by atoms with Crippen molar-refractivity contribution in [3.05, 3.63) is 24.3 Å². The number of carbonyl (C=O) groups is 2. The zero-order valence-electron chi connectivity index (χ0n) is 11.5. The first-order valence-electron chi connectivity index (χ1n) is 6.10. The molecule has 0 saturated carbocycles. The van der Waals surface area contributed by atoms with Gasteiger partial charge in [0, 0.05) is 12.7 Å². The van der Waals surface area contributed by atoms with Crippen LogP contribution in [0, 0.1) is 0 Å². The average Bonchev–Trinajstić information content (AvgIpc) is 2.87. The van der Waals surface area contributed by atoms with Crippen molar-refractivity contribution >= 4 is 55.0 Å². The van der Waals surface area contributed by atoms with Crippen molar-refractivity contribution in [2.75, 3.05) is 12.9 Å². The molecule has 112 valence electrons. The summed E-state index contributed by atoms with van der Waals surface area (Å²) in [5, 5.41) is 2.58. The van der Waals surface area contributed by atoms with Crippen LogP contribution in [0.5, 0.6) is 0 Å². The normalized spacial score (nSPS) is 12.1. The summed E-state index contributed by atoms with van der Waals surface area (Å²) in [5.41, 5.74) is 0.969. The van der Waals surface area contributed by atoms with Crippen LogP contribution in [0.1, 0.15) is 6.92 Å². The number of nitrogens with one attached hydrogen (secondary N) is 1. The molecule has 1 amide bonds. The van der Waals surface area contributed by atoms with Crippen molar-refractivity contribution in [2.45, 2.75) is 17.3 Å². The summed E-state index contributed by atoms with van der Waals surface area (Å²) >= 11 is 1.60. The highest BCUT2D eigenvalue weighted by Crippen LogP contribution is 2.36. The number of aromatic nitrogens is 1. The summed E-state index contributed by atoms with van der Waals surface area (Å²) in [6, 6.07) is 7.28. The van der Waals surface area contributed by atoms with E-state index in [1.807, 2.05) is 24.3 Å². The third-order valence-corrected chi connectivity index (χ3v) is 6.21. The number of rotatable bonds is 6. The zero-order chi connectivity index (χ0) is 15.2. The van der Waals surface area contributed by atoms with Gasteiger partial charge < -0.3 is 10.1 Å². The highest BCUT2D eigenvalue weighted by molar-refractivity contribution is 8.77. The standard InChI is InChI=1S/C13H14N2O3S3/c1-8(16)14-10(12(17)18-2)7-19-21-13-15-9-5-3-4-6-11(9)20-13/h3-6,10H,7H2,1-2H3,(H,14,16)/t10-/m0/s1. The minimum Gasteiger partial charge on any atom is -0.467 e. The van der Waals surface area contributed by atoms with E-state index in [0.717, 1.165) is 14.6 Å². The number of hydrogen-bond donors (Lipinski definition) is 1. The Kier molecular flexibility index (Phi) is 5.89. The molecule has 0 saturated heterocycles. The van der Waals surface area contributed by atoms with Crippen molar-refractivity contribution in [3.8, 4) is 0 Å². The van der Waals surface area contributed by atoms with Crippen LogP contribution < -0.4 is 5.32 Å². The molecular formula is C13H14N2O3S3. The number of thiazole rings is 1. The van der Waals surface area contributed by atoms with Crippen LogP contribution in [0.4, 0.5) is 0 Å². The molecule has 1 aromatic heterocycles. The van der Waals surface area contributed by atoms with Crippen molar-refractivity contribution in [1.29, 1.82) is 0 Å². The van der Waals surface area contributed by atoms with E-state index in [1.54, 1.807) is 11.3 Å². The molecule has 0 radical (unpaired) electrons. The molecule has 0 aliphatic heterocycles. The molecule has 0 aliphatic rings. The molecule has 2 aromatic rings. The average molecular weight is 342 g/mol. The summed E-state index contributed by atoms with van der Waals surface area (Å²) in [7, 11) is 4.27. The van der Waals surface area contributed by atoms with E-state index in [1.165, 1.54) is 35.6 Å². The third kappa shape index (κ3) is 4.62. The molecule has 8 heteroatoms. The van der Waals surface area contributed by atoms with Crippen LogP contribution in [0.3, 0.4) is 0 Å². The van der Waals surface area contributed by atoms with Crippen LogP contribution in [-0.4, -0.2) is 35.8 Å². The van der Waals surface area contributed by atoms with Gasteiger partial charge >= 0.3 is 5.97 Å². The van der Waals surface area contributed by atoms with Crippen molar-refractivity contribution < 1.29 is 14.3 Å². The number of para-hydroxylation sites is 1. The predicted molar refractivity (Wildman–Crippen MR) is 87.6 cm³/mol. The quantitative estimate of drug-likeness (QED) is 0.643. The van der Waals surface area contributed by atoms with Gasteiger partial charge in [-0.25, -0.2) is 9.78 Å². The van der Waals surface area contributed by atoms with E-state index < -0.39 is 12.0 Å². The van der Waals surface area contributed by atoms with Gasteiger partial charge in [-0.1, -0.05) is 22.9 Å². The molecule has 0 unspecified atom stereocenters. The fourth-order valence-electron chi connectivity index (χ4n) is 1.60. The molecule has 0 aliphatic carbocycles. The van der Waals surface area contributed by atoms with Gasteiger partial charge in [0.2, 0.25) is 5.91 Å². The van der Waals surface area contributed by atoms with Gasteiger partial charge in [0.25, 0.3) is 0 Å². The fourth-order valence-corrected chi connectivity index (χ4v) is 5.12. The van der Waals surface area contributed by atoms with Crippen LogP contribution in [0.2, 0.25) is 0 Å². The van der Waals surface area contributed by atoms with Gasteiger partial charge in [-0.15, -0.1) is 11.3 Å². The number of esters is 1. The van der Waals surface area contributed by atoms with Crippen LogP contribution >= 0.6 is 32.9 Å². The van der Waals surface area contributed by atoms with Crippen LogP contribution in [0.15, 0.2) is 28.6 Å². The van der Waals surface area contributed by atoms with Gasteiger partial charge in [-0.05, 0) is 22.9 Å². The fraction of sp³-hybridized carbons (Fsp3) is 0.308. The molecule has 2 rings (SSSR count). The number of carbonyl (C=O) groups excluding carboxylic acids is 2.